The summed E-state index contributed by atoms with van der Waals surface area (Å²) in [6.45, 7) is 6.45. The largest absolute Gasteiger partial charge is 0.496 e. The van der Waals surface area contributed by atoms with Crippen LogP contribution >= 0.6 is 0 Å². The minimum Gasteiger partial charge on any atom is -0.496 e. The number of nitrogens with zero attached hydrogens (tertiary/aromatic N) is 4. The van der Waals surface area contributed by atoms with Crippen LogP contribution in [0, 0.1) is 5.92 Å². The van der Waals surface area contributed by atoms with Gasteiger partial charge < -0.3 is 25.8 Å². The first-order chi connectivity index (χ1) is 13.5. The molecule has 2 aromatic heterocycles. The van der Waals surface area contributed by atoms with Gasteiger partial charge in [0.05, 0.1) is 43.0 Å². The average molecular weight is 383 g/mol. The fourth-order valence-electron chi connectivity index (χ4n) is 3.66. The Labute approximate surface area is 163 Å². The van der Waals surface area contributed by atoms with Crippen LogP contribution in [0.15, 0.2) is 18.2 Å². The molecule has 1 atom stereocenters. The lowest BCUT2D eigenvalue weighted by Crippen LogP contribution is -2.48. The van der Waals surface area contributed by atoms with Gasteiger partial charge in [-0.3, -0.25) is 5.10 Å². The van der Waals surface area contributed by atoms with E-state index >= 15 is 0 Å². The van der Waals surface area contributed by atoms with Crippen LogP contribution in [0.4, 0.5) is 17.6 Å². The topological polar surface area (TPSA) is 128 Å². The minimum absolute atomic E-state index is 0.227. The first-order valence-corrected chi connectivity index (χ1v) is 9.29. The van der Waals surface area contributed by atoms with E-state index in [-0.39, 0.29) is 12.0 Å². The summed E-state index contributed by atoms with van der Waals surface area (Å²) in [5.74, 6) is 2.47. The smallest absolute Gasteiger partial charge is 0.222 e. The third kappa shape index (κ3) is 3.18. The lowest BCUT2D eigenvalue weighted by Gasteiger charge is -2.39. The van der Waals surface area contributed by atoms with Crippen molar-refractivity contribution in [2.75, 3.05) is 43.2 Å². The molecule has 0 amide bonds. The second-order valence-electron chi connectivity index (χ2n) is 7.26. The first-order valence-electron chi connectivity index (χ1n) is 9.29. The van der Waals surface area contributed by atoms with Gasteiger partial charge in [-0.25, -0.2) is 4.98 Å². The van der Waals surface area contributed by atoms with Crippen molar-refractivity contribution in [1.82, 2.24) is 20.2 Å². The molecule has 0 spiro atoms. The van der Waals surface area contributed by atoms with Gasteiger partial charge in [-0.2, -0.15) is 10.1 Å². The molecule has 0 aliphatic carbocycles. The quantitative estimate of drug-likeness (QED) is 0.624. The van der Waals surface area contributed by atoms with Crippen molar-refractivity contribution < 1.29 is 9.47 Å². The Morgan fingerprint density at radius 1 is 1.25 bits per heavy atom. The number of fused-ring (bicyclic) bond motifs is 1. The zero-order valence-electron chi connectivity index (χ0n) is 16.3. The van der Waals surface area contributed by atoms with E-state index in [2.05, 4.69) is 38.9 Å². The van der Waals surface area contributed by atoms with E-state index in [0.29, 0.717) is 36.4 Å². The normalized spacial score (nSPS) is 17.4. The Kier molecular flexibility index (Phi) is 4.68. The Hall–Kier alpha value is -3.07. The Bertz CT molecular complexity index is 1000. The number of H-pyrrole nitrogens is 1. The summed E-state index contributed by atoms with van der Waals surface area (Å²) in [6, 6.07) is 6.02. The van der Waals surface area contributed by atoms with Gasteiger partial charge in [0.15, 0.2) is 5.82 Å². The predicted molar refractivity (Wildman–Crippen MR) is 109 cm³/mol. The zero-order valence-corrected chi connectivity index (χ0v) is 16.3. The summed E-state index contributed by atoms with van der Waals surface area (Å²) < 4.78 is 11.2. The number of nitrogen functional groups attached to an aromatic ring is 2. The number of hydrogen-bond donors (Lipinski definition) is 3. The van der Waals surface area contributed by atoms with Crippen LogP contribution in [-0.2, 0) is 4.74 Å². The van der Waals surface area contributed by atoms with Crippen molar-refractivity contribution in [1.29, 1.82) is 0 Å². The molecule has 1 fully saturated rings. The van der Waals surface area contributed by atoms with E-state index in [1.807, 2.05) is 18.2 Å². The molecule has 0 unspecified atom stereocenters. The van der Waals surface area contributed by atoms with Gasteiger partial charge in [0.2, 0.25) is 5.95 Å². The molecule has 0 bridgehead atoms. The summed E-state index contributed by atoms with van der Waals surface area (Å²) in [4.78, 5) is 11.2. The number of benzene rings is 1. The summed E-state index contributed by atoms with van der Waals surface area (Å²) in [5.41, 5.74) is 14.3. The maximum Gasteiger partial charge on any atom is 0.222 e. The molecule has 0 radical (unpaired) electrons. The second kappa shape index (κ2) is 7.16. The number of ether oxygens (including phenoxy) is 2. The molecule has 9 heteroatoms. The standard InChI is InChI=1S/C19H25N7O2/c1-10(2)14-9-28-5-4-26(14)16-8-12(22-19(21)23-16)11-6-13-17(15(7-11)27-3)18(20)25-24-13/h6-8,10,14H,4-5,9H2,1-3H3,(H3,20,24,25)(H2,21,22,23)/t14-/m0/s1. The third-order valence-electron chi connectivity index (χ3n) is 5.13. The van der Waals surface area contributed by atoms with Gasteiger partial charge in [-0.15, -0.1) is 0 Å². The maximum atomic E-state index is 6.06. The van der Waals surface area contributed by atoms with Crippen LogP contribution in [-0.4, -0.2) is 53.1 Å². The number of methoxy groups -OCH3 is 1. The van der Waals surface area contributed by atoms with Crippen molar-refractivity contribution in [3.8, 4) is 17.0 Å². The molecule has 1 aromatic carbocycles. The van der Waals surface area contributed by atoms with Gasteiger partial charge in [0.25, 0.3) is 0 Å². The van der Waals surface area contributed by atoms with E-state index in [4.69, 9.17) is 20.9 Å². The number of rotatable bonds is 4. The highest BCUT2D eigenvalue weighted by atomic mass is 16.5. The highest BCUT2D eigenvalue weighted by molar-refractivity contribution is 5.97. The number of anilines is 3. The molecular formula is C19H25N7O2. The fourth-order valence-corrected chi connectivity index (χ4v) is 3.66. The summed E-state index contributed by atoms with van der Waals surface area (Å²) >= 11 is 0. The van der Waals surface area contributed by atoms with Crippen LogP contribution in [0.3, 0.4) is 0 Å². The predicted octanol–water partition coefficient (Wildman–Crippen LogP) is 2.05. The number of nitrogens with two attached hydrogens (primary N) is 2. The maximum absolute atomic E-state index is 6.06. The average Bonchev–Trinajstić information content (AvgIpc) is 3.07. The third-order valence-corrected chi connectivity index (χ3v) is 5.13. The number of hydrogen-bond acceptors (Lipinski definition) is 8. The van der Waals surface area contributed by atoms with E-state index in [1.165, 1.54) is 0 Å². The molecule has 148 valence electrons. The van der Waals surface area contributed by atoms with Gasteiger partial charge in [-0.1, -0.05) is 13.8 Å². The van der Waals surface area contributed by atoms with Gasteiger partial charge in [-0.05, 0) is 18.1 Å². The molecule has 4 rings (SSSR count). The van der Waals surface area contributed by atoms with Crippen molar-refractivity contribution in [3.05, 3.63) is 18.2 Å². The van der Waals surface area contributed by atoms with Crippen LogP contribution in [0.1, 0.15) is 13.8 Å². The lowest BCUT2D eigenvalue weighted by molar-refractivity contribution is 0.0802. The monoisotopic (exact) mass is 383 g/mol. The minimum atomic E-state index is 0.227. The summed E-state index contributed by atoms with van der Waals surface area (Å²) in [6.07, 6.45) is 0. The summed E-state index contributed by atoms with van der Waals surface area (Å²) in [5, 5.41) is 7.75. The Morgan fingerprint density at radius 3 is 2.82 bits per heavy atom. The molecule has 1 aliphatic rings. The number of morpholine rings is 1. The van der Waals surface area contributed by atoms with Crippen LogP contribution in [0.2, 0.25) is 0 Å². The molecule has 3 aromatic rings. The van der Waals surface area contributed by atoms with E-state index in [1.54, 1.807) is 7.11 Å². The highest BCUT2D eigenvalue weighted by Crippen LogP contribution is 2.35. The van der Waals surface area contributed by atoms with Crippen molar-refractivity contribution in [3.63, 3.8) is 0 Å². The van der Waals surface area contributed by atoms with E-state index < -0.39 is 0 Å². The summed E-state index contributed by atoms with van der Waals surface area (Å²) in [7, 11) is 1.60. The van der Waals surface area contributed by atoms with Crippen molar-refractivity contribution >= 4 is 28.5 Å². The zero-order chi connectivity index (χ0) is 19.8. The van der Waals surface area contributed by atoms with Crippen molar-refractivity contribution in [2.24, 2.45) is 5.92 Å². The van der Waals surface area contributed by atoms with E-state index in [0.717, 1.165) is 28.8 Å². The fraction of sp³-hybridized carbons (Fsp3) is 0.421. The SMILES string of the molecule is COc1cc(-c2cc(N3CCOC[C@H]3C(C)C)nc(N)n2)cc2[nH]nc(N)c12. The molecule has 1 saturated heterocycles. The van der Waals surface area contributed by atoms with Crippen molar-refractivity contribution in [2.45, 2.75) is 19.9 Å². The van der Waals surface area contributed by atoms with Gasteiger partial charge in [0, 0.05) is 18.2 Å². The molecule has 1 aliphatic heterocycles. The number of nitrogens with one attached hydrogen (secondary N) is 1. The van der Waals surface area contributed by atoms with Crippen LogP contribution in [0.5, 0.6) is 5.75 Å². The lowest BCUT2D eigenvalue weighted by atomic mass is 10.0. The van der Waals surface area contributed by atoms with Crippen LogP contribution < -0.4 is 21.1 Å². The number of aromatic amines is 1. The van der Waals surface area contributed by atoms with Crippen LogP contribution in [0.25, 0.3) is 22.2 Å². The number of aromatic nitrogens is 4. The Balaban J connectivity index is 1.80. The molecule has 5 N–H and O–H groups in total. The van der Waals surface area contributed by atoms with Gasteiger partial charge in [0.1, 0.15) is 11.6 Å². The Morgan fingerprint density at radius 2 is 2.07 bits per heavy atom. The molecule has 3 heterocycles. The van der Waals surface area contributed by atoms with E-state index in [9.17, 15) is 0 Å². The highest BCUT2D eigenvalue weighted by Gasteiger charge is 2.27. The first kappa shape index (κ1) is 18.3. The molecular weight excluding hydrogens is 358 g/mol. The molecule has 9 nitrogen and oxygen atoms in total. The second-order valence-corrected chi connectivity index (χ2v) is 7.26. The molecule has 28 heavy (non-hydrogen) atoms. The molecule has 0 saturated carbocycles. The van der Waals surface area contributed by atoms with Gasteiger partial charge >= 0.3 is 0 Å².